The van der Waals surface area contributed by atoms with Crippen LogP contribution in [0.4, 0.5) is 23.0 Å². The molecule has 0 saturated carbocycles. The van der Waals surface area contributed by atoms with Crippen LogP contribution in [-0.2, 0) is 11.2 Å². The third-order valence-corrected chi connectivity index (χ3v) is 4.72. The minimum absolute atomic E-state index is 0.0941. The molecule has 0 fully saturated rings. The first-order chi connectivity index (χ1) is 14.1. The molecular formula is C22H21N5O2. The average molecular weight is 387 g/mol. The van der Waals surface area contributed by atoms with E-state index < -0.39 is 0 Å². The Morgan fingerprint density at radius 2 is 1.66 bits per heavy atom. The molecule has 2 heterocycles. The summed E-state index contributed by atoms with van der Waals surface area (Å²) in [5, 5.41) is 5.80. The number of nitrogens with zero attached hydrogens (tertiary/aromatic N) is 3. The molecule has 29 heavy (non-hydrogen) atoms. The van der Waals surface area contributed by atoms with Gasteiger partial charge in [0.15, 0.2) is 0 Å². The van der Waals surface area contributed by atoms with Crippen LogP contribution in [0.5, 0.6) is 0 Å². The van der Waals surface area contributed by atoms with E-state index in [4.69, 9.17) is 0 Å². The smallest absolute Gasteiger partial charge is 0.261 e. The van der Waals surface area contributed by atoms with Crippen molar-refractivity contribution in [2.75, 3.05) is 22.1 Å². The van der Waals surface area contributed by atoms with E-state index in [1.165, 1.54) is 12.5 Å². The van der Waals surface area contributed by atoms with E-state index in [1.807, 2.05) is 30.3 Å². The Morgan fingerprint density at radius 1 is 0.966 bits per heavy atom. The van der Waals surface area contributed by atoms with Crippen molar-refractivity contribution < 1.29 is 9.59 Å². The van der Waals surface area contributed by atoms with Gasteiger partial charge in [-0.1, -0.05) is 18.2 Å². The van der Waals surface area contributed by atoms with E-state index in [2.05, 4.69) is 26.7 Å². The minimum atomic E-state index is -0.120. The topological polar surface area (TPSA) is 87.2 Å². The SMILES string of the molecule is CC(=O)Nc1ccc(Nc2ncc(C(=O)N3CCCc4ccccc43)cn2)cc1. The molecule has 2 amide bonds. The van der Waals surface area contributed by atoms with Gasteiger partial charge in [0.05, 0.1) is 5.56 Å². The quantitative estimate of drug-likeness (QED) is 0.712. The van der Waals surface area contributed by atoms with Crippen LogP contribution < -0.4 is 15.5 Å². The molecule has 0 atom stereocenters. The highest BCUT2D eigenvalue weighted by molar-refractivity contribution is 6.06. The van der Waals surface area contributed by atoms with Crippen LogP contribution in [0.1, 0.15) is 29.3 Å². The van der Waals surface area contributed by atoms with Gasteiger partial charge in [0.1, 0.15) is 0 Å². The van der Waals surface area contributed by atoms with Gasteiger partial charge < -0.3 is 15.5 Å². The molecule has 0 aliphatic carbocycles. The summed E-state index contributed by atoms with van der Waals surface area (Å²) in [6.45, 7) is 2.15. The standard InChI is InChI=1S/C22H21N5O2/c1-15(28)25-18-8-10-19(11-9-18)26-22-23-13-17(14-24-22)21(29)27-12-4-6-16-5-2-3-7-20(16)27/h2-3,5,7-11,13-14H,4,6,12H2,1H3,(H,25,28)(H,23,24,26). The van der Waals surface area contributed by atoms with Gasteiger partial charge in [-0.25, -0.2) is 9.97 Å². The number of carbonyl (C=O) groups excluding carboxylic acids is 2. The lowest BCUT2D eigenvalue weighted by atomic mass is 10.0. The summed E-state index contributed by atoms with van der Waals surface area (Å²) < 4.78 is 0. The third-order valence-electron chi connectivity index (χ3n) is 4.72. The van der Waals surface area contributed by atoms with Crippen molar-refractivity contribution >= 4 is 34.8 Å². The molecular weight excluding hydrogens is 366 g/mol. The number of rotatable bonds is 4. The normalized spacial score (nSPS) is 12.8. The van der Waals surface area contributed by atoms with E-state index in [0.29, 0.717) is 23.7 Å². The van der Waals surface area contributed by atoms with Gasteiger partial charge in [0.2, 0.25) is 11.9 Å². The van der Waals surface area contributed by atoms with Crippen LogP contribution in [0.3, 0.4) is 0 Å². The van der Waals surface area contributed by atoms with Crippen LogP contribution in [0.25, 0.3) is 0 Å². The van der Waals surface area contributed by atoms with Gasteiger partial charge in [0, 0.05) is 42.9 Å². The number of benzene rings is 2. The average Bonchev–Trinajstić information content (AvgIpc) is 2.74. The molecule has 0 spiro atoms. The van der Waals surface area contributed by atoms with Gasteiger partial charge in [-0.3, -0.25) is 9.59 Å². The van der Waals surface area contributed by atoms with Crippen molar-refractivity contribution in [3.63, 3.8) is 0 Å². The van der Waals surface area contributed by atoms with E-state index in [0.717, 1.165) is 24.2 Å². The lowest BCUT2D eigenvalue weighted by Crippen LogP contribution is -2.35. The maximum atomic E-state index is 12.9. The molecule has 146 valence electrons. The van der Waals surface area contributed by atoms with Gasteiger partial charge in [0.25, 0.3) is 5.91 Å². The zero-order valence-corrected chi connectivity index (χ0v) is 16.1. The highest BCUT2D eigenvalue weighted by Gasteiger charge is 2.23. The minimum Gasteiger partial charge on any atom is -0.326 e. The Kier molecular flexibility index (Phi) is 5.20. The summed E-state index contributed by atoms with van der Waals surface area (Å²) in [5.74, 6) is 0.182. The number of fused-ring (bicyclic) bond motifs is 1. The van der Waals surface area contributed by atoms with Crippen molar-refractivity contribution in [2.45, 2.75) is 19.8 Å². The molecule has 0 unspecified atom stereocenters. The number of carbonyl (C=O) groups is 2. The van der Waals surface area contributed by atoms with Crippen LogP contribution in [0, 0.1) is 0 Å². The summed E-state index contributed by atoms with van der Waals surface area (Å²) >= 11 is 0. The Balaban J connectivity index is 1.46. The molecule has 1 aromatic heterocycles. The van der Waals surface area contributed by atoms with Gasteiger partial charge in [-0.15, -0.1) is 0 Å². The summed E-state index contributed by atoms with van der Waals surface area (Å²) in [4.78, 5) is 34.4. The molecule has 3 aromatic rings. The Bertz CT molecular complexity index is 1030. The second-order valence-corrected chi connectivity index (χ2v) is 6.87. The third kappa shape index (κ3) is 4.24. The largest absolute Gasteiger partial charge is 0.326 e. The lowest BCUT2D eigenvalue weighted by molar-refractivity contribution is -0.114. The van der Waals surface area contributed by atoms with Crippen molar-refractivity contribution in [3.8, 4) is 0 Å². The Morgan fingerprint density at radius 3 is 2.38 bits per heavy atom. The van der Waals surface area contributed by atoms with E-state index in [-0.39, 0.29) is 11.8 Å². The van der Waals surface area contributed by atoms with E-state index >= 15 is 0 Å². The number of anilines is 4. The first-order valence-electron chi connectivity index (χ1n) is 9.46. The number of para-hydroxylation sites is 1. The number of aryl methyl sites for hydroxylation is 1. The second kappa shape index (κ2) is 8.10. The summed E-state index contributed by atoms with van der Waals surface area (Å²) in [6, 6.07) is 15.2. The van der Waals surface area contributed by atoms with Crippen LogP contribution in [0.15, 0.2) is 60.9 Å². The zero-order valence-electron chi connectivity index (χ0n) is 16.1. The summed E-state index contributed by atoms with van der Waals surface area (Å²) in [5.41, 5.74) is 4.10. The van der Waals surface area contributed by atoms with E-state index in [9.17, 15) is 9.59 Å². The molecule has 7 nitrogen and oxygen atoms in total. The highest BCUT2D eigenvalue weighted by Crippen LogP contribution is 2.28. The molecule has 1 aliphatic heterocycles. The molecule has 0 radical (unpaired) electrons. The predicted molar refractivity (Wildman–Crippen MR) is 112 cm³/mol. The molecule has 7 heteroatoms. The molecule has 0 saturated heterocycles. The van der Waals surface area contributed by atoms with Crippen LogP contribution >= 0.6 is 0 Å². The van der Waals surface area contributed by atoms with Gasteiger partial charge in [-0.2, -0.15) is 0 Å². The van der Waals surface area contributed by atoms with Crippen molar-refractivity contribution in [1.82, 2.24) is 9.97 Å². The number of aromatic nitrogens is 2. The van der Waals surface area contributed by atoms with Crippen LogP contribution in [-0.4, -0.2) is 28.3 Å². The summed E-state index contributed by atoms with van der Waals surface area (Å²) in [6.07, 6.45) is 5.01. The fourth-order valence-electron chi connectivity index (χ4n) is 3.37. The Labute approximate surface area is 168 Å². The summed E-state index contributed by atoms with van der Waals surface area (Å²) in [7, 11) is 0. The number of hydrogen-bond donors (Lipinski definition) is 2. The van der Waals surface area contributed by atoms with Crippen LogP contribution in [0.2, 0.25) is 0 Å². The predicted octanol–water partition coefficient (Wildman–Crippen LogP) is 3.77. The van der Waals surface area contributed by atoms with Crippen molar-refractivity contribution in [2.24, 2.45) is 0 Å². The molecule has 0 bridgehead atoms. The van der Waals surface area contributed by atoms with Crippen molar-refractivity contribution in [3.05, 3.63) is 72.1 Å². The van der Waals surface area contributed by atoms with Gasteiger partial charge >= 0.3 is 0 Å². The molecule has 2 N–H and O–H groups in total. The monoisotopic (exact) mass is 387 g/mol. The first kappa shape index (κ1) is 18.6. The number of amides is 2. The fraction of sp³-hybridized carbons (Fsp3) is 0.182. The fourth-order valence-corrected chi connectivity index (χ4v) is 3.37. The van der Waals surface area contributed by atoms with Gasteiger partial charge in [-0.05, 0) is 48.7 Å². The zero-order chi connectivity index (χ0) is 20.2. The van der Waals surface area contributed by atoms with Crippen molar-refractivity contribution in [1.29, 1.82) is 0 Å². The lowest BCUT2D eigenvalue weighted by Gasteiger charge is -2.29. The first-order valence-corrected chi connectivity index (χ1v) is 9.46. The maximum Gasteiger partial charge on any atom is 0.261 e. The number of nitrogens with one attached hydrogen (secondary N) is 2. The Hall–Kier alpha value is -3.74. The molecule has 1 aliphatic rings. The molecule has 2 aromatic carbocycles. The maximum absolute atomic E-state index is 12.9. The molecule has 4 rings (SSSR count). The number of hydrogen-bond acceptors (Lipinski definition) is 5. The van der Waals surface area contributed by atoms with E-state index in [1.54, 1.807) is 29.4 Å². The highest BCUT2D eigenvalue weighted by atomic mass is 16.2. The second-order valence-electron chi connectivity index (χ2n) is 6.87.